The van der Waals surface area contributed by atoms with Gasteiger partial charge < -0.3 is 19.0 Å². The maximum absolute atomic E-state index is 11.3. The molecule has 1 aromatic carbocycles. The van der Waals surface area contributed by atoms with E-state index >= 15 is 0 Å². The Morgan fingerprint density at radius 1 is 1.11 bits per heavy atom. The number of hydrogen-bond donors (Lipinski definition) is 1. The first kappa shape index (κ1) is 15.8. The fourth-order valence-electron chi connectivity index (χ4n) is 1.81. The van der Waals surface area contributed by atoms with Crippen LogP contribution in [0.3, 0.4) is 0 Å². The Hall–Kier alpha value is -1.21. The van der Waals surface area contributed by atoms with E-state index < -0.39 is 14.7 Å². The largest absolute Gasteiger partial charge is 0.537 e. The summed E-state index contributed by atoms with van der Waals surface area (Å²) in [6.07, 6.45) is 0. The molecule has 0 fully saturated rings. The maximum Gasteiger partial charge on any atom is 0.537 e. The SMILES string of the molecule is CCO[Si](OCC)(OCC)c1cccc(C(N)=O)c1. The second kappa shape index (κ2) is 7.39. The van der Waals surface area contributed by atoms with Crippen molar-refractivity contribution in [1.82, 2.24) is 0 Å². The fraction of sp³-hybridized carbons (Fsp3) is 0.462. The molecule has 0 spiro atoms. The van der Waals surface area contributed by atoms with Crippen molar-refractivity contribution in [3.05, 3.63) is 29.8 Å². The van der Waals surface area contributed by atoms with Gasteiger partial charge in [-0.3, -0.25) is 4.79 Å². The average molecular weight is 283 g/mol. The summed E-state index contributed by atoms with van der Waals surface area (Å²) in [4.78, 5) is 11.3. The fourth-order valence-corrected chi connectivity index (χ4v) is 4.33. The molecule has 1 amide bonds. The molecule has 0 atom stereocenters. The Morgan fingerprint density at radius 3 is 2.05 bits per heavy atom. The molecule has 0 unspecified atom stereocenters. The monoisotopic (exact) mass is 283 g/mol. The Kier molecular flexibility index (Phi) is 6.17. The second-order valence-electron chi connectivity index (χ2n) is 3.80. The summed E-state index contributed by atoms with van der Waals surface area (Å²) in [6, 6.07) is 6.96. The van der Waals surface area contributed by atoms with Gasteiger partial charge in [-0.05, 0) is 32.9 Å². The van der Waals surface area contributed by atoms with Gasteiger partial charge in [0.25, 0.3) is 0 Å². The predicted octanol–water partition coefficient (Wildman–Crippen LogP) is 1.04. The van der Waals surface area contributed by atoms with Crippen LogP contribution in [-0.2, 0) is 13.3 Å². The molecule has 0 aliphatic carbocycles. The van der Waals surface area contributed by atoms with Gasteiger partial charge in [-0.1, -0.05) is 12.1 Å². The van der Waals surface area contributed by atoms with Crippen LogP contribution in [0.15, 0.2) is 24.3 Å². The van der Waals surface area contributed by atoms with E-state index in [1.54, 1.807) is 18.2 Å². The molecule has 0 heterocycles. The lowest BCUT2D eigenvalue weighted by Crippen LogP contribution is -2.57. The van der Waals surface area contributed by atoms with Gasteiger partial charge in [-0.25, -0.2) is 0 Å². The molecule has 2 N–H and O–H groups in total. The molecular formula is C13H21NO4Si. The van der Waals surface area contributed by atoms with Crippen LogP contribution < -0.4 is 10.9 Å². The predicted molar refractivity (Wildman–Crippen MR) is 75.2 cm³/mol. The van der Waals surface area contributed by atoms with Crippen LogP contribution in [0.4, 0.5) is 0 Å². The highest BCUT2D eigenvalue weighted by atomic mass is 28.4. The van der Waals surface area contributed by atoms with Crippen LogP contribution in [0, 0.1) is 0 Å². The Bertz CT molecular complexity index is 408. The quantitative estimate of drug-likeness (QED) is 0.724. The number of rotatable bonds is 8. The highest BCUT2D eigenvalue weighted by molar-refractivity contribution is 6.75. The molecule has 1 aromatic rings. The van der Waals surface area contributed by atoms with Gasteiger partial charge in [0.15, 0.2) is 0 Å². The van der Waals surface area contributed by atoms with Gasteiger partial charge in [0.2, 0.25) is 5.91 Å². The third kappa shape index (κ3) is 3.87. The first-order valence-corrected chi connectivity index (χ1v) is 8.14. The number of primary amides is 1. The van der Waals surface area contributed by atoms with Gasteiger partial charge in [0, 0.05) is 30.6 Å². The van der Waals surface area contributed by atoms with Crippen molar-refractivity contribution in [3.8, 4) is 0 Å². The number of amides is 1. The molecule has 0 radical (unpaired) electrons. The van der Waals surface area contributed by atoms with Crippen LogP contribution in [0.25, 0.3) is 0 Å². The van der Waals surface area contributed by atoms with Gasteiger partial charge >= 0.3 is 8.80 Å². The minimum atomic E-state index is -2.96. The molecule has 5 nitrogen and oxygen atoms in total. The zero-order valence-corrected chi connectivity index (χ0v) is 12.6. The summed E-state index contributed by atoms with van der Waals surface area (Å²) >= 11 is 0. The third-order valence-corrected chi connectivity index (χ3v) is 5.53. The van der Waals surface area contributed by atoms with Crippen molar-refractivity contribution in [2.75, 3.05) is 19.8 Å². The number of hydrogen-bond acceptors (Lipinski definition) is 4. The van der Waals surface area contributed by atoms with Gasteiger partial charge in [0.05, 0.1) is 0 Å². The minimum absolute atomic E-state index is 0.425. The molecule has 19 heavy (non-hydrogen) atoms. The van der Waals surface area contributed by atoms with Gasteiger partial charge in [0.1, 0.15) is 0 Å². The number of benzene rings is 1. The van der Waals surface area contributed by atoms with E-state index in [4.69, 9.17) is 19.0 Å². The van der Waals surface area contributed by atoms with E-state index in [2.05, 4.69) is 0 Å². The van der Waals surface area contributed by atoms with E-state index in [9.17, 15) is 4.79 Å². The van der Waals surface area contributed by atoms with Crippen LogP contribution in [-0.4, -0.2) is 34.5 Å². The molecular weight excluding hydrogens is 262 g/mol. The number of carbonyl (C=O) groups is 1. The first-order valence-electron chi connectivity index (χ1n) is 6.41. The number of carbonyl (C=O) groups excluding carboxylic acids is 1. The number of nitrogens with two attached hydrogens (primary N) is 1. The smallest absolute Gasteiger partial charge is 0.370 e. The van der Waals surface area contributed by atoms with Crippen LogP contribution in [0.2, 0.25) is 0 Å². The van der Waals surface area contributed by atoms with Gasteiger partial charge in [-0.2, -0.15) is 0 Å². The third-order valence-electron chi connectivity index (χ3n) is 2.50. The maximum atomic E-state index is 11.3. The standard InChI is InChI=1S/C13H21NO4Si/c1-4-16-19(17-5-2,18-6-3)12-9-7-8-11(10-12)13(14)15/h7-10H,4-6H2,1-3H3,(H2,14,15). The summed E-state index contributed by atoms with van der Waals surface area (Å²) in [6.45, 7) is 7.10. The molecule has 0 saturated heterocycles. The van der Waals surface area contributed by atoms with E-state index in [0.29, 0.717) is 25.4 Å². The molecule has 1 rings (SSSR count). The highest BCUT2D eigenvalue weighted by Gasteiger charge is 2.43. The molecule has 0 aliphatic heterocycles. The van der Waals surface area contributed by atoms with Crippen molar-refractivity contribution in [1.29, 1.82) is 0 Å². The molecule has 0 aromatic heterocycles. The Labute approximate surface area is 115 Å². The minimum Gasteiger partial charge on any atom is -0.370 e. The van der Waals surface area contributed by atoms with Crippen molar-refractivity contribution in [2.24, 2.45) is 5.73 Å². The van der Waals surface area contributed by atoms with Crippen LogP contribution >= 0.6 is 0 Å². The molecule has 0 aliphatic rings. The van der Waals surface area contributed by atoms with E-state index in [1.807, 2.05) is 26.8 Å². The molecule has 106 valence electrons. The normalized spacial score (nSPS) is 11.5. The molecule has 0 bridgehead atoms. The second-order valence-corrected chi connectivity index (χ2v) is 6.36. The van der Waals surface area contributed by atoms with Crippen LogP contribution in [0.5, 0.6) is 0 Å². The lowest BCUT2D eigenvalue weighted by Gasteiger charge is -2.28. The lowest BCUT2D eigenvalue weighted by atomic mass is 10.2. The average Bonchev–Trinajstić information content (AvgIpc) is 2.39. The van der Waals surface area contributed by atoms with Crippen molar-refractivity contribution >= 4 is 19.9 Å². The topological polar surface area (TPSA) is 70.8 Å². The van der Waals surface area contributed by atoms with Crippen molar-refractivity contribution in [2.45, 2.75) is 20.8 Å². The van der Waals surface area contributed by atoms with Gasteiger partial charge in [-0.15, -0.1) is 0 Å². The highest BCUT2D eigenvalue weighted by Crippen LogP contribution is 2.12. The summed E-state index contributed by atoms with van der Waals surface area (Å²) in [5, 5.41) is 0.759. The summed E-state index contributed by atoms with van der Waals surface area (Å²) in [7, 11) is -2.96. The molecule has 6 heteroatoms. The summed E-state index contributed by atoms with van der Waals surface area (Å²) in [5.74, 6) is -0.478. The van der Waals surface area contributed by atoms with Crippen molar-refractivity contribution in [3.63, 3.8) is 0 Å². The first-order chi connectivity index (χ1) is 9.09. The zero-order chi connectivity index (χ0) is 14.3. The summed E-state index contributed by atoms with van der Waals surface area (Å²) in [5.41, 5.74) is 5.73. The van der Waals surface area contributed by atoms with E-state index in [0.717, 1.165) is 5.19 Å². The zero-order valence-electron chi connectivity index (χ0n) is 11.6. The molecule has 0 saturated carbocycles. The Morgan fingerprint density at radius 2 is 1.63 bits per heavy atom. The summed E-state index contributed by atoms with van der Waals surface area (Å²) < 4.78 is 17.3. The lowest BCUT2D eigenvalue weighted by molar-refractivity contribution is 0.0859. The van der Waals surface area contributed by atoms with E-state index in [-0.39, 0.29) is 0 Å². The van der Waals surface area contributed by atoms with Crippen LogP contribution in [0.1, 0.15) is 31.1 Å². The van der Waals surface area contributed by atoms with E-state index in [1.165, 1.54) is 0 Å². The van der Waals surface area contributed by atoms with Crippen molar-refractivity contribution < 1.29 is 18.1 Å². The Balaban J connectivity index is 3.21.